The molecule has 5 heteroatoms. The summed E-state index contributed by atoms with van der Waals surface area (Å²) in [6.45, 7) is 1.52. The number of carbonyl (C=O) groups excluding carboxylic acids is 1. The lowest BCUT2D eigenvalue weighted by Gasteiger charge is -2.17. The van der Waals surface area contributed by atoms with Crippen LogP contribution in [-0.2, 0) is 0 Å². The summed E-state index contributed by atoms with van der Waals surface area (Å²) in [5.41, 5.74) is 1.98. The number of likely N-dealkylation sites (tertiary alicyclic amines) is 1. The third-order valence-electron chi connectivity index (χ3n) is 3.68. The maximum Gasteiger partial charge on any atom is 0.267 e. The van der Waals surface area contributed by atoms with Crippen molar-refractivity contribution in [3.8, 4) is 0 Å². The number of amides is 1. The second-order valence-corrected chi connectivity index (χ2v) is 5.16. The Hall–Kier alpha value is -2.04. The van der Waals surface area contributed by atoms with Crippen LogP contribution in [0.15, 0.2) is 30.5 Å². The fraction of sp³-hybridized carbons (Fsp3) is 0.333. The molecule has 0 N–H and O–H groups in total. The minimum atomic E-state index is -2.77. The molecule has 2 aromatic rings. The van der Waals surface area contributed by atoms with E-state index in [1.54, 1.807) is 18.3 Å². The highest BCUT2D eigenvalue weighted by Crippen LogP contribution is 2.29. The summed E-state index contributed by atoms with van der Waals surface area (Å²) in [4.78, 5) is 17.9. The van der Waals surface area contributed by atoms with Gasteiger partial charge < -0.3 is 4.90 Å². The van der Waals surface area contributed by atoms with Crippen molar-refractivity contribution in [1.29, 1.82) is 0 Å². The van der Waals surface area contributed by atoms with E-state index < -0.39 is 12.5 Å². The number of alkyl halides is 2. The number of hydrogen-bond donors (Lipinski definition) is 0. The zero-order valence-electron chi connectivity index (χ0n) is 11.1. The molecule has 1 aromatic carbocycles. The largest absolute Gasteiger partial charge is 0.332 e. The molecule has 0 aliphatic carbocycles. The van der Waals surface area contributed by atoms with Crippen molar-refractivity contribution in [2.45, 2.75) is 19.3 Å². The van der Waals surface area contributed by atoms with Gasteiger partial charge in [-0.15, -0.1) is 0 Å². The van der Waals surface area contributed by atoms with Crippen LogP contribution in [0.4, 0.5) is 8.78 Å². The summed E-state index contributed by atoms with van der Waals surface area (Å²) < 4.78 is 26.5. The molecule has 0 radical (unpaired) electrons. The van der Waals surface area contributed by atoms with Gasteiger partial charge in [0, 0.05) is 24.5 Å². The number of nitrogens with zero attached hydrogens (tertiary/aromatic N) is 2. The van der Waals surface area contributed by atoms with E-state index in [0.29, 0.717) is 11.1 Å². The molecular weight excluding hydrogens is 262 g/mol. The van der Waals surface area contributed by atoms with Gasteiger partial charge in [0.05, 0.1) is 17.6 Å². The Morgan fingerprint density at radius 2 is 2.15 bits per heavy atom. The fourth-order valence-corrected chi connectivity index (χ4v) is 2.57. The first-order chi connectivity index (χ1) is 9.48. The van der Waals surface area contributed by atoms with E-state index in [9.17, 15) is 13.6 Å². The molecule has 1 saturated heterocycles. The van der Waals surface area contributed by atoms with Gasteiger partial charge in [0.25, 0.3) is 11.8 Å². The number of carbonyl (C=O) groups is 1. The van der Waals surface area contributed by atoms with Crippen LogP contribution in [0.2, 0.25) is 0 Å². The van der Waals surface area contributed by atoms with Crippen molar-refractivity contribution < 1.29 is 13.6 Å². The molecule has 0 unspecified atom stereocenters. The summed E-state index contributed by atoms with van der Waals surface area (Å²) >= 11 is 0. The minimum Gasteiger partial charge on any atom is -0.332 e. The van der Waals surface area contributed by atoms with Gasteiger partial charge in [-0.2, -0.15) is 0 Å². The molecule has 1 aliphatic heterocycles. The summed E-state index contributed by atoms with van der Waals surface area (Å²) in [5, 5.41) is 0.879. The standard InChI is InChI=1S/C15H14F2N2O/c1-10-5-7-18-13-11(10)3-2-4-12(13)14(20)19-8-6-15(16,17)9-19/h2-5,7H,6,8-9H2,1H3. The van der Waals surface area contributed by atoms with E-state index in [0.717, 1.165) is 10.9 Å². The van der Waals surface area contributed by atoms with E-state index in [2.05, 4.69) is 4.98 Å². The van der Waals surface area contributed by atoms with Gasteiger partial charge in [-0.25, -0.2) is 8.78 Å². The van der Waals surface area contributed by atoms with Crippen LogP contribution in [-0.4, -0.2) is 34.8 Å². The Kier molecular flexibility index (Phi) is 2.92. The molecule has 3 rings (SSSR count). The number of pyridine rings is 1. The molecule has 1 amide bonds. The second kappa shape index (κ2) is 4.51. The Morgan fingerprint density at radius 3 is 2.85 bits per heavy atom. The quantitative estimate of drug-likeness (QED) is 0.802. The number of rotatable bonds is 1. The Balaban J connectivity index is 2.03. The highest BCUT2D eigenvalue weighted by molar-refractivity contribution is 6.06. The van der Waals surface area contributed by atoms with Crippen LogP contribution in [0.25, 0.3) is 10.9 Å². The zero-order valence-corrected chi connectivity index (χ0v) is 11.1. The van der Waals surface area contributed by atoms with Crippen LogP contribution in [0.1, 0.15) is 22.3 Å². The van der Waals surface area contributed by atoms with Crippen LogP contribution in [0, 0.1) is 6.92 Å². The monoisotopic (exact) mass is 276 g/mol. The molecule has 0 atom stereocenters. The summed E-state index contributed by atoms with van der Waals surface area (Å²) in [6, 6.07) is 7.15. The zero-order chi connectivity index (χ0) is 14.3. The maximum absolute atomic E-state index is 13.2. The molecule has 0 saturated carbocycles. The van der Waals surface area contributed by atoms with Gasteiger partial charge in [-0.05, 0) is 24.6 Å². The molecule has 3 nitrogen and oxygen atoms in total. The van der Waals surface area contributed by atoms with Gasteiger partial charge >= 0.3 is 0 Å². The Morgan fingerprint density at radius 1 is 1.35 bits per heavy atom. The number of halogens is 2. The van der Waals surface area contributed by atoms with Gasteiger partial charge in [0.1, 0.15) is 0 Å². The average Bonchev–Trinajstić information content (AvgIpc) is 2.78. The van der Waals surface area contributed by atoms with Gasteiger partial charge in [0.2, 0.25) is 0 Å². The smallest absolute Gasteiger partial charge is 0.267 e. The summed E-state index contributed by atoms with van der Waals surface area (Å²) in [5.74, 6) is -3.14. The van der Waals surface area contributed by atoms with Gasteiger partial charge in [-0.1, -0.05) is 12.1 Å². The second-order valence-electron chi connectivity index (χ2n) is 5.16. The van der Waals surface area contributed by atoms with Crippen LogP contribution < -0.4 is 0 Å². The minimum absolute atomic E-state index is 0.0913. The van der Waals surface area contributed by atoms with Crippen LogP contribution >= 0.6 is 0 Å². The van der Waals surface area contributed by atoms with Crippen LogP contribution in [0.3, 0.4) is 0 Å². The summed E-state index contributed by atoms with van der Waals surface area (Å²) in [7, 11) is 0. The van der Waals surface area contributed by atoms with Gasteiger partial charge in [0.15, 0.2) is 0 Å². The maximum atomic E-state index is 13.2. The SMILES string of the molecule is Cc1ccnc2c(C(=O)N3CCC(F)(F)C3)cccc12. The van der Waals surface area contributed by atoms with E-state index in [-0.39, 0.29) is 18.9 Å². The first-order valence-corrected chi connectivity index (χ1v) is 6.49. The third-order valence-corrected chi connectivity index (χ3v) is 3.68. The molecule has 1 fully saturated rings. The number of benzene rings is 1. The first-order valence-electron chi connectivity index (χ1n) is 6.49. The number of aryl methyl sites for hydroxylation is 1. The third kappa shape index (κ3) is 2.13. The van der Waals surface area contributed by atoms with Crippen molar-refractivity contribution in [2.24, 2.45) is 0 Å². The highest BCUT2D eigenvalue weighted by Gasteiger charge is 2.40. The average molecular weight is 276 g/mol. The van der Waals surface area contributed by atoms with Crippen molar-refractivity contribution in [3.05, 3.63) is 41.6 Å². The highest BCUT2D eigenvalue weighted by atomic mass is 19.3. The van der Waals surface area contributed by atoms with Crippen LogP contribution in [0.5, 0.6) is 0 Å². The number of aromatic nitrogens is 1. The predicted octanol–water partition coefficient (Wildman–Crippen LogP) is 3.02. The molecular formula is C15H14F2N2O. The predicted molar refractivity (Wildman–Crippen MR) is 71.9 cm³/mol. The van der Waals surface area contributed by atoms with E-state index >= 15 is 0 Å². The molecule has 1 aromatic heterocycles. The van der Waals surface area contributed by atoms with Crippen molar-refractivity contribution in [2.75, 3.05) is 13.1 Å². The molecule has 104 valence electrons. The van der Waals surface area contributed by atoms with E-state index in [4.69, 9.17) is 0 Å². The lowest BCUT2D eigenvalue weighted by atomic mass is 10.1. The molecule has 20 heavy (non-hydrogen) atoms. The Labute approximate surface area is 115 Å². The van der Waals surface area contributed by atoms with Crippen molar-refractivity contribution in [3.63, 3.8) is 0 Å². The van der Waals surface area contributed by atoms with E-state index in [1.165, 1.54) is 4.90 Å². The lowest BCUT2D eigenvalue weighted by Crippen LogP contribution is -2.31. The van der Waals surface area contributed by atoms with E-state index in [1.807, 2.05) is 19.1 Å². The van der Waals surface area contributed by atoms with Crippen molar-refractivity contribution >= 4 is 16.8 Å². The molecule has 2 heterocycles. The topological polar surface area (TPSA) is 33.2 Å². The Bertz CT molecular complexity index is 685. The normalized spacial score (nSPS) is 17.6. The fourth-order valence-electron chi connectivity index (χ4n) is 2.57. The molecule has 0 bridgehead atoms. The lowest BCUT2D eigenvalue weighted by molar-refractivity contribution is 0.0120. The number of hydrogen-bond acceptors (Lipinski definition) is 2. The molecule has 0 spiro atoms. The van der Waals surface area contributed by atoms with Crippen molar-refractivity contribution in [1.82, 2.24) is 9.88 Å². The summed E-state index contributed by atoms with van der Waals surface area (Å²) in [6.07, 6.45) is 1.36. The number of para-hydroxylation sites is 1. The number of fused-ring (bicyclic) bond motifs is 1. The first kappa shape index (κ1) is 13.0. The molecule has 1 aliphatic rings. The van der Waals surface area contributed by atoms with Gasteiger partial charge in [-0.3, -0.25) is 9.78 Å².